The first-order chi connectivity index (χ1) is 13.1. The number of fused-ring (bicyclic) bond motifs is 1. The molecule has 0 saturated carbocycles. The minimum Gasteiger partial charge on any atom is -0.465 e. The molecule has 3 aromatic rings. The van der Waals surface area contributed by atoms with E-state index in [0.29, 0.717) is 16.1 Å². The molecule has 1 aliphatic heterocycles. The molecule has 1 aliphatic rings. The highest BCUT2D eigenvalue weighted by atomic mass is 32.1. The summed E-state index contributed by atoms with van der Waals surface area (Å²) >= 11 is 3.06. The van der Waals surface area contributed by atoms with Gasteiger partial charge in [-0.2, -0.15) is 0 Å². The summed E-state index contributed by atoms with van der Waals surface area (Å²) in [6.07, 6.45) is 3.73. The SMILES string of the molecule is COC(=O)c1ccc(NC(=O)c2cc3sc(N4CCCCC4)nc3s2)cc1. The number of hydrogen-bond acceptors (Lipinski definition) is 7. The Bertz CT molecular complexity index is 940. The normalized spacial score (nSPS) is 14.3. The van der Waals surface area contributed by atoms with E-state index in [9.17, 15) is 9.59 Å². The van der Waals surface area contributed by atoms with Crippen LogP contribution in [0.2, 0.25) is 0 Å². The number of nitrogens with one attached hydrogen (secondary N) is 1. The van der Waals surface area contributed by atoms with Gasteiger partial charge in [0, 0.05) is 18.8 Å². The zero-order valence-electron chi connectivity index (χ0n) is 14.9. The fourth-order valence-electron chi connectivity index (χ4n) is 3.06. The molecule has 6 nitrogen and oxygen atoms in total. The van der Waals surface area contributed by atoms with E-state index in [1.165, 1.54) is 37.7 Å². The van der Waals surface area contributed by atoms with Crippen LogP contribution in [0.1, 0.15) is 39.3 Å². The predicted octanol–water partition coefficient (Wildman–Crippen LogP) is 4.39. The van der Waals surface area contributed by atoms with Gasteiger partial charge in [-0.05, 0) is 49.6 Å². The fourth-order valence-corrected chi connectivity index (χ4v) is 5.21. The second kappa shape index (κ2) is 7.66. The lowest BCUT2D eigenvalue weighted by Gasteiger charge is -2.25. The third-order valence-corrected chi connectivity index (χ3v) is 6.71. The van der Waals surface area contributed by atoms with Crippen molar-refractivity contribution in [1.29, 1.82) is 0 Å². The van der Waals surface area contributed by atoms with Crippen molar-refractivity contribution in [3.05, 3.63) is 40.8 Å². The Morgan fingerprint density at radius 3 is 2.52 bits per heavy atom. The highest BCUT2D eigenvalue weighted by molar-refractivity contribution is 7.29. The molecule has 1 saturated heterocycles. The van der Waals surface area contributed by atoms with Crippen molar-refractivity contribution in [2.75, 3.05) is 30.4 Å². The third kappa shape index (κ3) is 3.81. The number of amides is 1. The molecule has 1 amide bonds. The van der Waals surface area contributed by atoms with Crippen LogP contribution in [0.25, 0.3) is 9.53 Å². The zero-order chi connectivity index (χ0) is 18.8. The van der Waals surface area contributed by atoms with E-state index in [4.69, 9.17) is 4.98 Å². The maximum Gasteiger partial charge on any atom is 0.337 e. The van der Waals surface area contributed by atoms with Gasteiger partial charge in [0.05, 0.1) is 22.3 Å². The number of anilines is 2. The molecule has 0 aliphatic carbocycles. The Labute approximate surface area is 164 Å². The van der Waals surface area contributed by atoms with Gasteiger partial charge in [-0.3, -0.25) is 4.79 Å². The summed E-state index contributed by atoms with van der Waals surface area (Å²) in [5.74, 6) is -0.572. The Balaban J connectivity index is 1.46. The topological polar surface area (TPSA) is 71.5 Å². The van der Waals surface area contributed by atoms with E-state index >= 15 is 0 Å². The van der Waals surface area contributed by atoms with E-state index in [-0.39, 0.29) is 5.91 Å². The standard InChI is InChI=1S/C19H19N3O3S2/c1-25-18(24)12-5-7-13(8-6-12)20-16(23)14-11-15-17(26-14)21-19(27-15)22-9-3-2-4-10-22/h5-8,11H,2-4,9-10H2,1H3,(H,20,23). The van der Waals surface area contributed by atoms with Crippen molar-refractivity contribution in [2.45, 2.75) is 19.3 Å². The van der Waals surface area contributed by atoms with Crippen molar-refractivity contribution in [1.82, 2.24) is 4.98 Å². The maximum absolute atomic E-state index is 12.5. The molecule has 0 spiro atoms. The Hall–Kier alpha value is -2.45. The van der Waals surface area contributed by atoms with Crippen LogP contribution in [0.15, 0.2) is 30.3 Å². The number of piperidine rings is 1. The number of thiophene rings is 1. The third-order valence-electron chi connectivity index (χ3n) is 4.49. The van der Waals surface area contributed by atoms with Crippen molar-refractivity contribution < 1.29 is 14.3 Å². The molecular weight excluding hydrogens is 382 g/mol. The van der Waals surface area contributed by atoms with E-state index in [1.54, 1.807) is 35.6 Å². The molecule has 140 valence electrons. The Morgan fingerprint density at radius 2 is 1.85 bits per heavy atom. The number of hydrogen-bond donors (Lipinski definition) is 1. The van der Waals surface area contributed by atoms with Crippen LogP contribution in [0.5, 0.6) is 0 Å². The van der Waals surface area contributed by atoms with Gasteiger partial charge in [-0.15, -0.1) is 11.3 Å². The van der Waals surface area contributed by atoms with Crippen molar-refractivity contribution >= 4 is 54.9 Å². The van der Waals surface area contributed by atoms with Gasteiger partial charge >= 0.3 is 5.97 Å². The molecule has 2 aromatic heterocycles. The van der Waals surface area contributed by atoms with Gasteiger partial charge in [0.2, 0.25) is 0 Å². The molecule has 0 bridgehead atoms. The molecule has 0 atom stereocenters. The van der Waals surface area contributed by atoms with Gasteiger partial charge in [0.25, 0.3) is 5.91 Å². The smallest absolute Gasteiger partial charge is 0.337 e. The second-order valence-corrected chi connectivity index (χ2v) is 8.39. The molecule has 1 fully saturated rings. The number of methoxy groups -OCH3 is 1. The first kappa shape index (κ1) is 17.9. The number of rotatable bonds is 4. The van der Waals surface area contributed by atoms with Crippen LogP contribution < -0.4 is 10.2 Å². The van der Waals surface area contributed by atoms with Gasteiger partial charge in [0.1, 0.15) is 4.83 Å². The lowest BCUT2D eigenvalue weighted by molar-refractivity contribution is 0.0600. The van der Waals surface area contributed by atoms with E-state index in [2.05, 4.69) is 15.0 Å². The quantitative estimate of drug-likeness (QED) is 0.657. The molecule has 0 unspecified atom stereocenters. The molecule has 8 heteroatoms. The van der Waals surface area contributed by atoms with E-state index < -0.39 is 5.97 Å². The monoisotopic (exact) mass is 401 g/mol. The Morgan fingerprint density at radius 1 is 1.11 bits per heavy atom. The molecule has 4 rings (SSSR count). The molecule has 0 radical (unpaired) electrons. The number of nitrogens with zero attached hydrogens (tertiary/aromatic N) is 2. The number of thiazole rings is 1. The molecule has 1 N–H and O–H groups in total. The number of carbonyl (C=O) groups excluding carboxylic acids is 2. The van der Waals surface area contributed by atoms with Crippen molar-refractivity contribution in [3.63, 3.8) is 0 Å². The zero-order valence-corrected chi connectivity index (χ0v) is 16.5. The maximum atomic E-state index is 12.5. The van der Waals surface area contributed by atoms with Crippen LogP contribution in [0.4, 0.5) is 10.8 Å². The van der Waals surface area contributed by atoms with Crippen LogP contribution in [0, 0.1) is 0 Å². The van der Waals surface area contributed by atoms with Gasteiger partial charge in [-0.1, -0.05) is 11.3 Å². The number of carbonyl (C=O) groups is 2. The summed E-state index contributed by atoms with van der Waals surface area (Å²) in [6, 6.07) is 8.53. The van der Waals surface area contributed by atoms with Crippen LogP contribution in [0.3, 0.4) is 0 Å². The van der Waals surface area contributed by atoms with Gasteiger partial charge < -0.3 is 15.0 Å². The summed E-state index contributed by atoms with van der Waals surface area (Å²) in [6.45, 7) is 2.13. The fraction of sp³-hybridized carbons (Fsp3) is 0.316. The molecule has 3 heterocycles. The molecular formula is C19H19N3O3S2. The molecule has 27 heavy (non-hydrogen) atoms. The van der Waals surface area contributed by atoms with Gasteiger partial charge in [0.15, 0.2) is 5.13 Å². The first-order valence-electron chi connectivity index (χ1n) is 8.79. The summed E-state index contributed by atoms with van der Waals surface area (Å²) in [7, 11) is 1.34. The predicted molar refractivity (Wildman–Crippen MR) is 109 cm³/mol. The minimum absolute atomic E-state index is 0.171. The lowest BCUT2D eigenvalue weighted by atomic mass is 10.1. The Kier molecular flexibility index (Phi) is 5.09. The largest absolute Gasteiger partial charge is 0.465 e. The highest BCUT2D eigenvalue weighted by Crippen LogP contribution is 2.35. The average Bonchev–Trinajstić information content (AvgIpc) is 3.28. The van der Waals surface area contributed by atoms with Crippen molar-refractivity contribution in [3.8, 4) is 0 Å². The number of aromatic nitrogens is 1. The second-order valence-electron chi connectivity index (χ2n) is 6.35. The molecule has 1 aromatic carbocycles. The summed E-state index contributed by atoms with van der Waals surface area (Å²) < 4.78 is 5.72. The van der Waals surface area contributed by atoms with Crippen LogP contribution >= 0.6 is 22.7 Å². The summed E-state index contributed by atoms with van der Waals surface area (Å²) in [5.41, 5.74) is 1.08. The number of benzene rings is 1. The van der Waals surface area contributed by atoms with Crippen LogP contribution in [-0.4, -0.2) is 37.1 Å². The van der Waals surface area contributed by atoms with E-state index in [1.807, 2.05) is 6.07 Å². The average molecular weight is 402 g/mol. The van der Waals surface area contributed by atoms with Crippen LogP contribution in [-0.2, 0) is 4.74 Å². The van der Waals surface area contributed by atoms with Crippen molar-refractivity contribution in [2.24, 2.45) is 0 Å². The highest BCUT2D eigenvalue weighted by Gasteiger charge is 2.18. The van der Waals surface area contributed by atoms with Gasteiger partial charge in [-0.25, -0.2) is 9.78 Å². The summed E-state index contributed by atoms with van der Waals surface area (Å²) in [4.78, 5) is 32.6. The number of esters is 1. The lowest BCUT2D eigenvalue weighted by Crippen LogP contribution is -2.29. The van der Waals surface area contributed by atoms with E-state index in [0.717, 1.165) is 27.8 Å². The first-order valence-corrected chi connectivity index (χ1v) is 10.4. The number of ether oxygens (including phenoxy) is 1. The summed E-state index contributed by atoms with van der Waals surface area (Å²) in [5, 5.41) is 3.91. The minimum atomic E-state index is -0.401.